The summed E-state index contributed by atoms with van der Waals surface area (Å²) in [5.41, 5.74) is -0.293. The minimum Gasteiger partial charge on any atom is -0.710 e. The van der Waals surface area contributed by atoms with Crippen LogP contribution in [0.2, 0.25) is 0 Å². The smallest absolute Gasteiger partial charge is 0.352 e. The first-order chi connectivity index (χ1) is 10.9. The molecule has 23 heavy (non-hydrogen) atoms. The highest BCUT2D eigenvalue weighted by atomic mass is 19.2. The van der Waals surface area contributed by atoms with Crippen molar-refractivity contribution in [2.45, 2.75) is 6.92 Å². The lowest BCUT2D eigenvalue weighted by atomic mass is 10.2. The summed E-state index contributed by atoms with van der Waals surface area (Å²) in [4.78, 5) is 0. The minimum atomic E-state index is -1.24. The Labute approximate surface area is 128 Å². The Bertz CT molecular complexity index is 914. The van der Waals surface area contributed by atoms with Gasteiger partial charge in [-0.3, -0.25) is 0 Å². The number of aromatic nitrogens is 2. The molecular weight excluding hydrogens is 311 g/mol. The van der Waals surface area contributed by atoms with Crippen LogP contribution < -0.4 is 14.8 Å². The van der Waals surface area contributed by atoms with E-state index < -0.39 is 17.5 Å². The van der Waals surface area contributed by atoms with Crippen molar-refractivity contribution in [3.63, 3.8) is 0 Å². The van der Waals surface area contributed by atoms with E-state index in [9.17, 15) is 23.6 Å². The highest BCUT2D eigenvalue weighted by molar-refractivity contribution is 5.70. The summed E-state index contributed by atoms with van der Waals surface area (Å²) in [5, 5.41) is 27.2. The fourth-order valence-electron chi connectivity index (χ4n) is 2.21. The Morgan fingerprint density at radius 2 is 1.39 bits per heavy atom. The van der Waals surface area contributed by atoms with E-state index in [2.05, 4.69) is 5.32 Å². The molecule has 0 amide bonds. The topological polar surface area (TPSA) is 65.9 Å². The van der Waals surface area contributed by atoms with Crippen molar-refractivity contribution >= 4 is 22.5 Å². The van der Waals surface area contributed by atoms with Crippen molar-refractivity contribution in [3.05, 3.63) is 70.0 Å². The summed E-state index contributed by atoms with van der Waals surface area (Å²) in [6.45, 7) is 1.36. The second-order valence-corrected chi connectivity index (χ2v) is 4.91. The second kappa shape index (κ2) is 5.31. The molecule has 3 rings (SSSR count). The first-order valence-electron chi connectivity index (χ1n) is 6.55. The molecule has 1 N–H and O–H groups in total. The summed E-state index contributed by atoms with van der Waals surface area (Å²) in [6, 6.07) is 6.42. The van der Waals surface area contributed by atoms with Crippen LogP contribution in [0.5, 0.6) is 0 Å². The summed E-state index contributed by atoms with van der Waals surface area (Å²) in [5.74, 6) is -3.08. The maximum Gasteiger partial charge on any atom is 0.352 e. The fraction of sp³-hybridized carbons (Fsp3) is 0.0667. The summed E-state index contributed by atoms with van der Waals surface area (Å²) in [6.07, 6.45) is 0. The number of hydrogen-bond donors (Lipinski definition) is 1. The number of nitrogens with zero attached hydrogens (tertiary/aromatic N) is 2. The molecule has 8 heteroatoms. The summed E-state index contributed by atoms with van der Waals surface area (Å²) < 4.78 is 40.2. The van der Waals surface area contributed by atoms with E-state index in [0.717, 1.165) is 0 Å². The molecule has 5 nitrogen and oxygen atoms in total. The lowest BCUT2D eigenvalue weighted by molar-refractivity contribution is -0.623. The van der Waals surface area contributed by atoms with E-state index in [-0.39, 0.29) is 22.5 Å². The SMILES string of the molecule is Cc1c(Nc2ccc(F)cc2)[n+]([O-])c2cc(F)c(F)cc2[n+]1[O-]. The molecule has 0 bridgehead atoms. The van der Waals surface area contributed by atoms with Crippen molar-refractivity contribution in [2.75, 3.05) is 5.32 Å². The third kappa shape index (κ3) is 2.48. The predicted octanol–water partition coefficient (Wildman–Crippen LogP) is 2.58. The Kier molecular flexibility index (Phi) is 3.44. The maximum atomic E-state index is 13.4. The van der Waals surface area contributed by atoms with Crippen LogP contribution in [0.25, 0.3) is 11.0 Å². The number of rotatable bonds is 2. The molecule has 3 aromatic rings. The van der Waals surface area contributed by atoms with Gasteiger partial charge in [-0.1, -0.05) is 0 Å². The van der Waals surface area contributed by atoms with Crippen LogP contribution in [0, 0.1) is 34.8 Å². The van der Waals surface area contributed by atoms with E-state index in [1.165, 1.54) is 31.2 Å². The Morgan fingerprint density at radius 1 is 0.870 bits per heavy atom. The third-order valence-electron chi connectivity index (χ3n) is 3.41. The van der Waals surface area contributed by atoms with Crippen LogP contribution in [0.1, 0.15) is 5.69 Å². The Hall–Kier alpha value is -3.03. The molecule has 0 aliphatic rings. The van der Waals surface area contributed by atoms with Crippen molar-refractivity contribution in [1.82, 2.24) is 0 Å². The van der Waals surface area contributed by atoms with Gasteiger partial charge in [-0.15, -0.1) is 0 Å². The number of fused-ring (bicyclic) bond motifs is 1. The van der Waals surface area contributed by atoms with Crippen LogP contribution in [-0.2, 0) is 0 Å². The minimum absolute atomic E-state index is 0.0390. The van der Waals surface area contributed by atoms with Gasteiger partial charge in [0.1, 0.15) is 11.5 Å². The molecule has 2 aromatic carbocycles. The molecule has 0 atom stereocenters. The van der Waals surface area contributed by atoms with Gasteiger partial charge in [0.05, 0.1) is 6.07 Å². The highest BCUT2D eigenvalue weighted by Crippen LogP contribution is 2.20. The fourth-order valence-corrected chi connectivity index (χ4v) is 2.21. The number of nitrogens with one attached hydrogen (secondary N) is 1. The molecule has 0 fully saturated rings. The van der Waals surface area contributed by atoms with Gasteiger partial charge < -0.3 is 10.4 Å². The van der Waals surface area contributed by atoms with Crippen LogP contribution in [0.3, 0.4) is 0 Å². The standard InChI is InChI=1S/C15H10F3N3O2/c1-8-15(19-10-4-2-9(16)3-5-10)21(23)14-7-12(18)11(17)6-13(14)20(8)22/h2-7,19H,1H3. The van der Waals surface area contributed by atoms with Gasteiger partial charge in [0.25, 0.3) is 11.2 Å². The van der Waals surface area contributed by atoms with Crippen LogP contribution in [-0.4, -0.2) is 0 Å². The van der Waals surface area contributed by atoms with Crippen LogP contribution in [0.15, 0.2) is 36.4 Å². The van der Waals surface area contributed by atoms with Gasteiger partial charge in [-0.25, -0.2) is 23.2 Å². The summed E-state index contributed by atoms with van der Waals surface area (Å²) >= 11 is 0. The first kappa shape index (κ1) is 14.9. The van der Waals surface area contributed by atoms with E-state index in [1.54, 1.807) is 0 Å². The molecule has 0 saturated carbocycles. The van der Waals surface area contributed by atoms with E-state index in [0.29, 0.717) is 27.3 Å². The molecule has 1 heterocycles. The summed E-state index contributed by atoms with van der Waals surface area (Å²) in [7, 11) is 0. The number of anilines is 2. The molecule has 0 saturated heterocycles. The molecule has 0 radical (unpaired) electrons. The molecule has 118 valence electrons. The van der Waals surface area contributed by atoms with Gasteiger partial charge in [0, 0.05) is 13.0 Å². The predicted molar refractivity (Wildman–Crippen MR) is 76.2 cm³/mol. The van der Waals surface area contributed by atoms with E-state index in [1.807, 2.05) is 0 Å². The quantitative estimate of drug-likeness (QED) is 0.583. The van der Waals surface area contributed by atoms with Gasteiger partial charge in [-0.2, -0.15) is 4.73 Å². The molecular formula is C15H10F3N3O2. The van der Waals surface area contributed by atoms with Gasteiger partial charge in [0.15, 0.2) is 11.6 Å². The molecule has 0 aliphatic heterocycles. The van der Waals surface area contributed by atoms with Crippen molar-refractivity contribution in [1.29, 1.82) is 0 Å². The zero-order chi connectivity index (χ0) is 16.7. The Morgan fingerprint density at radius 3 is 1.96 bits per heavy atom. The molecule has 0 unspecified atom stereocenters. The second-order valence-electron chi connectivity index (χ2n) is 4.91. The number of benzene rings is 2. The zero-order valence-electron chi connectivity index (χ0n) is 11.8. The van der Waals surface area contributed by atoms with Crippen molar-refractivity contribution < 1.29 is 22.6 Å². The lowest BCUT2D eigenvalue weighted by Crippen LogP contribution is -2.43. The number of hydrogen-bond acceptors (Lipinski definition) is 3. The average molecular weight is 321 g/mol. The van der Waals surface area contributed by atoms with Crippen molar-refractivity contribution in [2.24, 2.45) is 0 Å². The largest absolute Gasteiger partial charge is 0.710 e. The van der Waals surface area contributed by atoms with E-state index >= 15 is 0 Å². The highest BCUT2D eigenvalue weighted by Gasteiger charge is 2.25. The van der Waals surface area contributed by atoms with E-state index in [4.69, 9.17) is 0 Å². The lowest BCUT2D eigenvalue weighted by Gasteiger charge is -2.14. The van der Waals surface area contributed by atoms with Crippen LogP contribution in [0.4, 0.5) is 24.7 Å². The van der Waals surface area contributed by atoms with Crippen LogP contribution >= 0.6 is 0 Å². The normalized spacial score (nSPS) is 11.0. The third-order valence-corrected chi connectivity index (χ3v) is 3.41. The van der Waals surface area contributed by atoms with Crippen molar-refractivity contribution in [3.8, 4) is 0 Å². The molecule has 1 aromatic heterocycles. The van der Waals surface area contributed by atoms with Gasteiger partial charge >= 0.3 is 5.82 Å². The monoisotopic (exact) mass is 321 g/mol. The average Bonchev–Trinajstić information content (AvgIpc) is 2.53. The first-order valence-corrected chi connectivity index (χ1v) is 6.55. The zero-order valence-corrected chi connectivity index (χ0v) is 11.8. The van der Waals surface area contributed by atoms with Gasteiger partial charge in [0.2, 0.25) is 5.52 Å². The molecule has 0 aliphatic carbocycles. The molecule has 0 spiro atoms. The Balaban J connectivity index is 2.20. The number of halogens is 3. The van der Waals surface area contributed by atoms with Gasteiger partial charge in [-0.05, 0) is 24.3 Å². The maximum absolute atomic E-state index is 13.4.